The van der Waals surface area contributed by atoms with Crippen molar-refractivity contribution >= 4 is 23.6 Å². The summed E-state index contributed by atoms with van der Waals surface area (Å²) in [5.41, 5.74) is 2.26. The lowest BCUT2D eigenvalue weighted by Crippen LogP contribution is -2.29. The smallest absolute Gasteiger partial charge is 0.223 e. The van der Waals surface area contributed by atoms with Gasteiger partial charge >= 0.3 is 0 Å². The van der Waals surface area contributed by atoms with Gasteiger partial charge in [-0.1, -0.05) is 66.2 Å². The summed E-state index contributed by atoms with van der Waals surface area (Å²) in [5.74, 6) is 0.392. The van der Waals surface area contributed by atoms with E-state index in [-0.39, 0.29) is 17.9 Å². The minimum Gasteiger partial charge on any atom is -0.339 e. The molecule has 3 rings (SSSR count). The van der Waals surface area contributed by atoms with Crippen LogP contribution in [-0.2, 0) is 4.79 Å². The number of likely N-dealkylation sites (N-methyl/N-ethyl adjacent to an activating group) is 1. The molecule has 1 fully saturated rings. The van der Waals surface area contributed by atoms with Crippen LogP contribution in [0.4, 0.5) is 0 Å². The number of carbonyl (C=O) groups excluding carboxylic acids is 1. The summed E-state index contributed by atoms with van der Waals surface area (Å²) in [6, 6.07) is 18.0. The van der Waals surface area contributed by atoms with Gasteiger partial charge in [0.25, 0.3) is 0 Å². The van der Waals surface area contributed by atoms with Gasteiger partial charge in [0, 0.05) is 24.4 Å². The van der Waals surface area contributed by atoms with Gasteiger partial charge in [-0.3, -0.25) is 4.79 Å². The largest absolute Gasteiger partial charge is 0.339 e. The van der Waals surface area contributed by atoms with Gasteiger partial charge in [-0.15, -0.1) is 0 Å². The second-order valence-electron chi connectivity index (χ2n) is 5.63. The van der Waals surface area contributed by atoms with Crippen LogP contribution in [0.3, 0.4) is 0 Å². The summed E-state index contributed by atoms with van der Waals surface area (Å²) in [6.45, 7) is 0. The molecular weight excluding hydrogens is 294 g/mol. The first-order valence-electron chi connectivity index (χ1n) is 7.39. The standard InChI is InChI=1S/C19H18ClNO/c1-21-18(11-10-14-6-5-9-16(20)12-14)17(13-19(21)22)15-7-3-2-4-8-15/h2-12,17-18H,13H2,1H3/t17-,18+/m1/s1. The molecule has 22 heavy (non-hydrogen) atoms. The Morgan fingerprint density at radius 2 is 1.91 bits per heavy atom. The molecule has 0 N–H and O–H groups in total. The third kappa shape index (κ3) is 3.07. The van der Waals surface area contributed by atoms with Crippen molar-refractivity contribution in [1.82, 2.24) is 4.90 Å². The van der Waals surface area contributed by atoms with Crippen molar-refractivity contribution in [3.05, 3.63) is 76.8 Å². The van der Waals surface area contributed by atoms with E-state index in [0.29, 0.717) is 6.42 Å². The first-order chi connectivity index (χ1) is 10.6. The lowest BCUT2D eigenvalue weighted by molar-refractivity contribution is -0.127. The molecule has 2 aromatic carbocycles. The number of rotatable bonds is 3. The fourth-order valence-corrected chi connectivity index (χ4v) is 3.19. The van der Waals surface area contributed by atoms with E-state index in [9.17, 15) is 4.79 Å². The van der Waals surface area contributed by atoms with Crippen molar-refractivity contribution in [1.29, 1.82) is 0 Å². The third-order valence-corrected chi connectivity index (χ3v) is 4.44. The van der Waals surface area contributed by atoms with E-state index in [0.717, 1.165) is 10.6 Å². The zero-order chi connectivity index (χ0) is 15.5. The molecule has 0 aliphatic carbocycles. The molecule has 0 spiro atoms. The number of likely N-dealkylation sites (tertiary alicyclic amines) is 1. The molecule has 0 radical (unpaired) electrons. The van der Waals surface area contributed by atoms with Gasteiger partial charge in [-0.05, 0) is 23.3 Å². The van der Waals surface area contributed by atoms with Crippen molar-refractivity contribution in [2.24, 2.45) is 0 Å². The number of benzene rings is 2. The average Bonchev–Trinajstić information content (AvgIpc) is 2.82. The van der Waals surface area contributed by atoms with Crippen LogP contribution in [0.1, 0.15) is 23.5 Å². The number of carbonyl (C=O) groups is 1. The fraction of sp³-hybridized carbons (Fsp3) is 0.211. The van der Waals surface area contributed by atoms with Gasteiger partial charge in [-0.25, -0.2) is 0 Å². The van der Waals surface area contributed by atoms with Crippen molar-refractivity contribution in [3.8, 4) is 0 Å². The van der Waals surface area contributed by atoms with Crippen LogP contribution in [0.15, 0.2) is 60.7 Å². The maximum atomic E-state index is 12.1. The SMILES string of the molecule is CN1C(=O)C[C@H](c2ccccc2)[C@@H]1C=Cc1cccc(Cl)c1. The Morgan fingerprint density at radius 3 is 2.64 bits per heavy atom. The van der Waals surface area contributed by atoms with E-state index in [1.165, 1.54) is 5.56 Å². The van der Waals surface area contributed by atoms with Crippen molar-refractivity contribution in [2.45, 2.75) is 18.4 Å². The Kier molecular flexibility index (Phi) is 4.30. The second kappa shape index (κ2) is 6.37. The highest BCUT2D eigenvalue weighted by atomic mass is 35.5. The Labute approximate surface area is 136 Å². The normalized spacial score (nSPS) is 21.7. The summed E-state index contributed by atoms with van der Waals surface area (Å²) in [5, 5.41) is 0.720. The van der Waals surface area contributed by atoms with Gasteiger partial charge in [0.1, 0.15) is 0 Å². The molecule has 2 nitrogen and oxygen atoms in total. The van der Waals surface area contributed by atoms with Crippen LogP contribution in [0.5, 0.6) is 0 Å². The average molecular weight is 312 g/mol. The molecule has 1 aliphatic rings. The quantitative estimate of drug-likeness (QED) is 0.824. The van der Waals surface area contributed by atoms with Crippen molar-refractivity contribution < 1.29 is 4.79 Å². The summed E-state index contributed by atoms with van der Waals surface area (Å²) in [6.07, 6.45) is 4.71. The van der Waals surface area contributed by atoms with Crippen LogP contribution in [0, 0.1) is 0 Å². The predicted octanol–water partition coefficient (Wildman–Crippen LogP) is 4.37. The molecule has 0 unspecified atom stereocenters. The van der Waals surface area contributed by atoms with E-state index in [1.54, 1.807) is 0 Å². The third-order valence-electron chi connectivity index (χ3n) is 4.21. The van der Waals surface area contributed by atoms with E-state index in [2.05, 4.69) is 18.2 Å². The topological polar surface area (TPSA) is 20.3 Å². The molecule has 2 aromatic rings. The monoisotopic (exact) mass is 311 g/mol. The van der Waals surface area contributed by atoms with Crippen molar-refractivity contribution in [2.75, 3.05) is 7.05 Å². The summed E-state index contributed by atoms with van der Waals surface area (Å²) < 4.78 is 0. The van der Waals surface area contributed by atoms with E-state index < -0.39 is 0 Å². The molecule has 2 atom stereocenters. The zero-order valence-corrected chi connectivity index (χ0v) is 13.2. The lowest BCUT2D eigenvalue weighted by atomic mass is 9.91. The molecule has 0 aromatic heterocycles. The minimum absolute atomic E-state index is 0.0777. The highest BCUT2D eigenvalue weighted by Gasteiger charge is 2.36. The Morgan fingerprint density at radius 1 is 1.14 bits per heavy atom. The summed E-state index contributed by atoms with van der Waals surface area (Å²) in [7, 11) is 1.87. The van der Waals surface area contributed by atoms with E-state index in [4.69, 9.17) is 11.6 Å². The van der Waals surface area contributed by atoms with Crippen LogP contribution in [0.25, 0.3) is 6.08 Å². The number of hydrogen-bond acceptors (Lipinski definition) is 1. The van der Waals surface area contributed by atoms with Gasteiger partial charge < -0.3 is 4.90 Å². The highest BCUT2D eigenvalue weighted by Crippen LogP contribution is 2.34. The first kappa shape index (κ1) is 14.9. The van der Waals surface area contributed by atoms with Crippen LogP contribution in [0.2, 0.25) is 5.02 Å². The fourth-order valence-electron chi connectivity index (χ4n) is 2.99. The second-order valence-corrected chi connectivity index (χ2v) is 6.07. The van der Waals surface area contributed by atoms with Gasteiger partial charge in [0.05, 0.1) is 6.04 Å². The van der Waals surface area contributed by atoms with E-state index >= 15 is 0 Å². The van der Waals surface area contributed by atoms with Crippen LogP contribution < -0.4 is 0 Å². The molecule has 1 heterocycles. The first-order valence-corrected chi connectivity index (χ1v) is 7.77. The van der Waals surface area contributed by atoms with Gasteiger partial charge in [0.2, 0.25) is 5.91 Å². The maximum Gasteiger partial charge on any atom is 0.223 e. The van der Waals surface area contributed by atoms with Gasteiger partial charge in [0.15, 0.2) is 0 Å². The molecule has 0 bridgehead atoms. The summed E-state index contributed by atoms with van der Waals surface area (Å²) >= 11 is 6.02. The molecule has 1 aliphatic heterocycles. The lowest BCUT2D eigenvalue weighted by Gasteiger charge is -2.22. The summed E-state index contributed by atoms with van der Waals surface area (Å²) in [4.78, 5) is 13.9. The zero-order valence-electron chi connectivity index (χ0n) is 12.4. The number of halogens is 1. The Bertz CT molecular complexity index is 696. The highest BCUT2D eigenvalue weighted by molar-refractivity contribution is 6.30. The maximum absolute atomic E-state index is 12.1. The van der Waals surface area contributed by atoms with Crippen LogP contribution >= 0.6 is 11.6 Å². The molecular formula is C19H18ClNO. The molecule has 0 saturated carbocycles. The van der Waals surface area contributed by atoms with E-state index in [1.807, 2.05) is 60.5 Å². The Balaban J connectivity index is 1.87. The Hall–Kier alpha value is -2.06. The molecule has 1 saturated heterocycles. The van der Waals surface area contributed by atoms with Gasteiger partial charge in [-0.2, -0.15) is 0 Å². The predicted molar refractivity (Wildman–Crippen MR) is 90.8 cm³/mol. The number of amides is 1. The molecule has 1 amide bonds. The van der Waals surface area contributed by atoms with Crippen LogP contribution in [-0.4, -0.2) is 23.9 Å². The number of nitrogens with zero attached hydrogens (tertiary/aromatic N) is 1. The minimum atomic E-state index is 0.0777. The molecule has 3 heteroatoms. The number of hydrogen-bond donors (Lipinski definition) is 0. The molecule has 112 valence electrons. The van der Waals surface area contributed by atoms with Crippen molar-refractivity contribution in [3.63, 3.8) is 0 Å².